The molecule has 17 heavy (non-hydrogen) atoms. The fourth-order valence-corrected chi connectivity index (χ4v) is 1.50. The molecule has 1 unspecified atom stereocenters. The second kappa shape index (κ2) is 6.15. The molecule has 1 heterocycles. The fourth-order valence-electron chi connectivity index (χ4n) is 1.50. The summed E-state index contributed by atoms with van der Waals surface area (Å²) >= 11 is 0. The van der Waals surface area contributed by atoms with Crippen LogP contribution in [-0.4, -0.2) is 28.2 Å². The van der Waals surface area contributed by atoms with Crippen LogP contribution in [0, 0.1) is 23.0 Å². The Morgan fingerprint density at radius 3 is 2.94 bits per heavy atom. The van der Waals surface area contributed by atoms with Crippen molar-refractivity contribution in [1.82, 2.24) is 4.98 Å². The molecule has 0 aromatic carbocycles. The first kappa shape index (κ1) is 13.4. The van der Waals surface area contributed by atoms with E-state index in [0.717, 1.165) is 0 Å². The monoisotopic (exact) mass is 239 g/mol. The summed E-state index contributed by atoms with van der Waals surface area (Å²) in [5.41, 5.74) is 0.603. The van der Waals surface area contributed by atoms with Crippen LogP contribution < -0.4 is 5.32 Å². The molecule has 6 nitrogen and oxygen atoms in total. The maximum absolute atomic E-state index is 10.9. The van der Waals surface area contributed by atoms with E-state index in [0.29, 0.717) is 24.3 Å². The van der Waals surface area contributed by atoms with E-state index < -0.39 is 4.92 Å². The Kier molecular flexibility index (Phi) is 4.84. The molecule has 0 aliphatic carbocycles. The van der Waals surface area contributed by atoms with Gasteiger partial charge in [-0.3, -0.25) is 10.1 Å². The molecule has 6 heteroatoms. The van der Waals surface area contributed by atoms with Crippen molar-refractivity contribution in [3.8, 4) is 0 Å². The number of nitrogens with one attached hydrogen (secondary N) is 1. The molecule has 0 fully saturated rings. The summed E-state index contributed by atoms with van der Waals surface area (Å²) in [5, 5.41) is 22.6. The number of nitrogens with zero attached hydrogens (tertiary/aromatic N) is 2. The first-order valence-electron chi connectivity index (χ1n) is 5.51. The Bertz CT molecular complexity index is 396. The number of aromatic nitrogens is 1. The van der Waals surface area contributed by atoms with E-state index in [4.69, 9.17) is 5.11 Å². The molecule has 1 aromatic rings. The highest BCUT2D eigenvalue weighted by molar-refractivity contribution is 5.59. The first-order chi connectivity index (χ1) is 8.06. The van der Waals surface area contributed by atoms with Crippen LogP contribution in [0.15, 0.2) is 12.3 Å². The third-order valence-electron chi connectivity index (χ3n) is 2.55. The minimum Gasteiger partial charge on any atom is -0.396 e. The van der Waals surface area contributed by atoms with Gasteiger partial charge in [0.1, 0.15) is 0 Å². The standard InChI is InChI=1S/C11H17N3O3/c1-8(4-6-15)7-13-11-10(14(16)17)9(2)3-5-12-11/h3,5,8,15H,4,6-7H2,1-2H3,(H,12,13). The number of hydrogen-bond donors (Lipinski definition) is 2. The van der Waals surface area contributed by atoms with Crippen LogP contribution in [0.1, 0.15) is 18.9 Å². The molecule has 94 valence electrons. The summed E-state index contributed by atoms with van der Waals surface area (Å²) in [4.78, 5) is 14.4. The Morgan fingerprint density at radius 1 is 1.65 bits per heavy atom. The summed E-state index contributed by atoms with van der Waals surface area (Å²) < 4.78 is 0. The van der Waals surface area contributed by atoms with Crippen LogP contribution in [0.25, 0.3) is 0 Å². The van der Waals surface area contributed by atoms with Gasteiger partial charge in [0.15, 0.2) is 0 Å². The fraction of sp³-hybridized carbons (Fsp3) is 0.545. The van der Waals surface area contributed by atoms with E-state index >= 15 is 0 Å². The lowest BCUT2D eigenvalue weighted by molar-refractivity contribution is -0.384. The average Bonchev–Trinajstić information content (AvgIpc) is 2.26. The number of aliphatic hydroxyl groups excluding tert-OH is 1. The molecule has 0 aliphatic rings. The number of anilines is 1. The van der Waals surface area contributed by atoms with Gasteiger partial charge in [0.05, 0.1) is 4.92 Å². The van der Waals surface area contributed by atoms with Gasteiger partial charge in [-0.25, -0.2) is 4.98 Å². The predicted molar refractivity (Wildman–Crippen MR) is 65.0 cm³/mol. The minimum absolute atomic E-state index is 0.0173. The second-order valence-corrected chi connectivity index (χ2v) is 4.08. The van der Waals surface area contributed by atoms with Gasteiger partial charge in [-0.15, -0.1) is 0 Å². The zero-order valence-corrected chi connectivity index (χ0v) is 10.0. The molecule has 0 radical (unpaired) electrons. The van der Waals surface area contributed by atoms with Gasteiger partial charge in [0.25, 0.3) is 0 Å². The quantitative estimate of drug-likeness (QED) is 0.583. The molecular weight excluding hydrogens is 222 g/mol. The Balaban J connectivity index is 2.77. The SMILES string of the molecule is Cc1ccnc(NCC(C)CCO)c1[N+](=O)[O-]. The number of aryl methyl sites for hydroxylation is 1. The summed E-state index contributed by atoms with van der Waals surface area (Å²) in [7, 11) is 0. The van der Waals surface area contributed by atoms with E-state index in [-0.39, 0.29) is 18.2 Å². The first-order valence-corrected chi connectivity index (χ1v) is 5.51. The maximum Gasteiger partial charge on any atom is 0.314 e. The zero-order valence-electron chi connectivity index (χ0n) is 10.0. The van der Waals surface area contributed by atoms with Gasteiger partial charge in [-0.1, -0.05) is 6.92 Å². The summed E-state index contributed by atoms with van der Waals surface area (Å²) in [6, 6.07) is 1.61. The van der Waals surface area contributed by atoms with Crippen molar-refractivity contribution in [2.45, 2.75) is 20.3 Å². The van der Waals surface area contributed by atoms with Crippen LogP contribution in [0.3, 0.4) is 0 Å². The van der Waals surface area contributed by atoms with Gasteiger partial charge in [0, 0.05) is 24.9 Å². The van der Waals surface area contributed by atoms with E-state index in [9.17, 15) is 10.1 Å². The second-order valence-electron chi connectivity index (χ2n) is 4.08. The van der Waals surface area contributed by atoms with Crippen LogP contribution in [-0.2, 0) is 0 Å². The number of pyridine rings is 1. The van der Waals surface area contributed by atoms with E-state index in [2.05, 4.69) is 10.3 Å². The maximum atomic E-state index is 10.9. The molecule has 0 saturated heterocycles. The average molecular weight is 239 g/mol. The number of hydrogen-bond acceptors (Lipinski definition) is 5. The van der Waals surface area contributed by atoms with E-state index in [1.54, 1.807) is 19.2 Å². The Labute approximate surface area is 99.8 Å². The van der Waals surface area contributed by atoms with Crippen molar-refractivity contribution in [2.75, 3.05) is 18.5 Å². The summed E-state index contributed by atoms with van der Waals surface area (Å²) in [6.07, 6.45) is 2.20. The minimum atomic E-state index is -0.429. The lowest BCUT2D eigenvalue weighted by atomic mass is 10.1. The summed E-state index contributed by atoms with van der Waals surface area (Å²) in [5.74, 6) is 0.529. The molecule has 2 N–H and O–H groups in total. The highest BCUT2D eigenvalue weighted by atomic mass is 16.6. The number of aliphatic hydroxyl groups is 1. The topological polar surface area (TPSA) is 88.3 Å². The van der Waals surface area contributed by atoms with Crippen LogP contribution >= 0.6 is 0 Å². The molecule has 0 spiro atoms. The largest absolute Gasteiger partial charge is 0.396 e. The van der Waals surface area contributed by atoms with Crippen molar-refractivity contribution < 1.29 is 10.0 Å². The Morgan fingerprint density at radius 2 is 2.35 bits per heavy atom. The molecular formula is C11H17N3O3. The van der Waals surface area contributed by atoms with Crippen LogP contribution in [0.4, 0.5) is 11.5 Å². The van der Waals surface area contributed by atoms with E-state index in [1.807, 2.05) is 6.92 Å². The van der Waals surface area contributed by atoms with Crippen molar-refractivity contribution in [3.05, 3.63) is 27.9 Å². The highest BCUT2D eigenvalue weighted by Crippen LogP contribution is 2.25. The zero-order chi connectivity index (χ0) is 12.8. The molecule has 0 saturated carbocycles. The van der Waals surface area contributed by atoms with Crippen molar-refractivity contribution in [2.24, 2.45) is 5.92 Å². The van der Waals surface area contributed by atoms with Gasteiger partial charge in [-0.2, -0.15) is 0 Å². The number of rotatable bonds is 6. The van der Waals surface area contributed by atoms with Gasteiger partial charge in [-0.05, 0) is 25.3 Å². The third-order valence-corrected chi connectivity index (χ3v) is 2.55. The molecule has 0 aliphatic heterocycles. The van der Waals surface area contributed by atoms with Gasteiger partial charge in [0.2, 0.25) is 5.82 Å². The lowest BCUT2D eigenvalue weighted by Gasteiger charge is -2.12. The van der Waals surface area contributed by atoms with Crippen molar-refractivity contribution >= 4 is 11.5 Å². The van der Waals surface area contributed by atoms with Gasteiger partial charge < -0.3 is 10.4 Å². The number of nitro groups is 1. The Hall–Kier alpha value is -1.69. The van der Waals surface area contributed by atoms with Crippen LogP contribution in [0.2, 0.25) is 0 Å². The molecule has 1 atom stereocenters. The van der Waals surface area contributed by atoms with Crippen molar-refractivity contribution in [1.29, 1.82) is 0 Å². The predicted octanol–water partition coefficient (Wildman–Crippen LogP) is 1.73. The highest BCUT2D eigenvalue weighted by Gasteiger charge is 2.18. The van der Waals surface area contributed by atoms with E-state index in [1.165, 1.54) is 0 Å². The molecule has 0 bridgehead atoms. The lowest BCUT2D eigenvalue weighted by Crippen LogP contribution is -2.14. The smallest absolute Gasteiger partial charge is 0.314 e. The molecule has 0 amide bonds. The van der Waals surface area contributed by atoms with Crippen LogP contribution in [0.5, 0.6) is 0 Å². The normalized spacial score (nSPS) is 12.2. The molecule has 1 aromatic heterocycles. The van der Waals surface area contributed by atoms with Gasteiger partial charge >= 0.3 is 5.69 Å². The molecule has 1 rings (SSSR count). The third kappa shape index (κ3) is 3.67. The summed E-state index contributed by atoms with van der Waals surface area (Å²) in [6.45, 7) is 4.32. The van der Waals surface area contributed by atoms with Crippen molar-refractivity contribution in [3.63, 3.8) is 0 Å².